The standard InChI is InChI=1S/C21H31FN4O3/c1-3-25(12-13-26(4-2)20(27)21(28)9-10-23-15-21)11-5-6-18-17-8-7-16(22)14-19(17)29-24-18/h7-8,14,23,28H,3-6,9-13,15H2,1-2H3. The lowest BCUT2D eigenvalue weighted by atomic mass is 10.0. The number of fused-ring (bicyclic) bond motifs is 1. The molecule has 2 heterocycles. The summed E-state index contributed by atoms with van der Waals surface area (Å²) in [7, 11) is 0. The summed E-state index contributed by atoms with van der Waals surface area (Å²) in [4.78, 5) is 16.7. The van der Waals surface area contributed by atoms with E-state index in [1.807, 2.05) is 6.92 Å². The summed E-state index contributed by atoms with van der Waals surface area (Å²) in [5, 5.41) is 18.5. The number of nitrogens with zero attached hydrogens (tertiary/aromatic N) is 3. The van der Waals surface area contributed by atoms with E-state index < -0.39 is 5.60 Å². The average Bonchev–Trinajstić information content (AvgIpc) is 3.33. The number of carbonyl (C=O) groups is 1. The van der Waals surface area contributed by atoms with Crippen LogP contribution in [0, 0.1) is 5.82 Å². The number of amides is 1. The number of aromatic nitrogens is 1. The van der Waals surface area contributed by atoms with Crippen molar-refractivity contribution in [1.29, 1.82) is 0 Å². The third kappa shape index (κ3) is 5.12. The van der Waals surface area contributed by atoms with Crippen molar-refractivity contribution < 1.29 is 18.8 Å². The third-order valence-corrected chi connectivity index (χ3v) is 5.73. The number of hydrogen-bond acceptors (Lipinski definition) is 6. The predicted molar refractivity (Wildman–Crippen MR) is 109 cm³/mol. The lowest BCUT2D eigenvalue weighted by molar-refractivity contribution is -0.149. The highest BCUT2D eigenvalue weighted by atomic mass is 19.1. The molecule has 0 bridgehead atoms. The van der Waals surface area contributed by atoms with Crippen LogP contribution in [0.4, 0.5) is 4.39 Å². The molecule has 1 aliphatic heterocycles. The first-order chi connectivity index (χ1) is 14.0. The molecule has 3 rings (SSSR count). The fourth-order valence-corrected chi connectivity index (χ4v) is 3.86. The number of likely N-dealkylation sites (N-methyl/N-ethyl adjacent to an activating group) is 2. The van der Waals surface area contributed by atoms with E-state index >= 15 is 0 Å². The van der Waals surface area contributed by atoms with Gasteiger partial charge < -0.3 is 24.7 Å². The Bertz CT molecular complexity index is 819. The molecule has 1 aromatic carbocycles. The molecule has 1 unspecified atom stereocenters. The van der Waals surface area contributed by atoms with Gasteiger partial charge in [-0.2, -0.15) is 0 Å². The molecule has 2 N–H and O–H groups in total. The molecule has 2 aromatic rings. The van der Waals surface area contributed by atoms with E-state index in [-0.39, 0.29) is 11.7 Å². The van der Waals surface area contributed by atoms with E-state index in [1.54, 1.807) is 11.0 Å². The molecule has 8 heteroatoms. The van der Waals surface area contributed by atoms with Crippen molar-refractivity contribution in [2.45, 2.75) is 38.7 Å². The topological polar surface area (TPSA) is 81.8 Å². The Hall–Kier alpha value is -2.03. The fourth-order valence-electron chi connectivity index (χ4n) is 3.86. The van der Waals surface area contributed by atoms with Crippen LogP contribution >= 0.6 is 0 Å². The fraction of sp³-hybridized carbons (Fsp3) is 0.619. The van der Waals surface area contributed by atoms with Crippen LogP contribution in [0.15, 0.2) is 22.7 Å². The Labute approximate surface area is 170 Å². The maximum absolute atomic E-state index is 13.3. The minimum Gasteiger partial charge on any atom is -0.379 e. The van der Waals surface area contributed by atoms with Crippen molar-refractivity contribution in [3.8, 4) is 0 Å². The molecule has 1 atom stereocenters. The maximum Gasteiger partial charge on any atom is 0.255 e. The van der Waals surface area contributed by atoms with Crippen LogP contribution in [0.3, 0.4) is 0 Å². The zero-order valence-electron chi connectivity index (χ0n) is 17.3. The highest BCUT2D eigenvalue weighted by molar-refractivity contribution is 5.85. The van der Waals surface area contributed by atoms with Crippen LogP contribution in [0.25, 0.3) is 11.0 Å². The van der Waals surface area contributed by atoms with Gasteiger partial charge in [-0.05, 0) is 58.0 Å². The van der Waals surface area contributed by atoms with Crippen molar-refractivity contribution in [2.75, 3.05) is 45.8 Å². The average molecular weight is 407 g/mol. The summed E-state index contributed by atoms with van der Waals surface area (Å²) in [5.74, 6) is -0.507. The summed E-state index contributed by atoms with van der Waals surface area (Å²) >= 11 is 0. The number of hydrogen-bond donors (Lipinski definition) is 2. The van der Waals surface area contributed by atoms with Gasteiger partial charge in [0.15, 0.2) is 11.2 Å². The summed E-state index contributed by atoms with van der Waals surface area (Å²) < 4.78 is 18.5. The van der Waals surface area contributed by atoms with Crippen molar-refractivity contribution in [3.05, 3.63) is 29.7 Å². The Morgan fingerprint density at radius 3 is 2.83 bits per heavy atom. The molecule has 1 amide bonds. The van der Waals surface area contributed by atoms with E-state index in [2.05, 4.69) is 22.3 Å². The van der Waals surface area contributed by atoms with Gasteiger partial charge in [0.1, 0.15) is 5.82 Å². The second-order valence-electron chi connectivity index (χ2n) is 7.65. The monoisotopic (exact) mass is 406 g/mol. The van der Waals surface area contributed by atoms with Crippen LogP contribution in [-0.2, 0) is 11.2 Å². The molecule has 0 aliphatic carbocycles. The van der Waals surface area contributed by atoms with Crippen molar-refractivity contribution in [1.82, 2.24) is 20.3 Å². The molecule has 1 aromatic heterocycles. The van der Waals surface area contributed by atoms with Crippen molar-refractivity contribution in [3.63, 3.8) is 0 Å². The number of aryl methyl sites for hydroxylation is 1. The van der Waals surface area contributed by atoms with E-state index in [0.717, 1.165) is 43.6 Å². The molecule has 160 valence electrons. The minimum absolute atomic E-state index is 0.178. The second kappa shape index (κ2) is 9.65. The number of nitrogens with one attached hydrogen (secondary N) is 1. The highest BCUT2D eigenvalue weighted by Gasteiger charge is 2.41. The van der Waals surface area contributed by atoms with Crippen LogP contribution < -0.4 is 5.32 Å². The molecule has 1 fully saturated rings. The predicted octanol–water partition coefficient (Wildman–Crippen LogP) is 1.79. The third-order valence-electron chi connectivity index (χ3n) is 5.73. The molecule has 1 aliphatic rings. The number of aliphatic hydroxyl groups is 1. The normalized spacial score (nSPS) is 19.3. The van der Waals surface area contributed by atoms with E-state index in [9.17, 15) is 14.3 Å². The van der Waals surface area contributed by atoms with Crippen molar-refractivity contribution in [2.24, 2.45) is 0 Å². The Kier molecular flexibility index (Phi) is 7.21. The van der Waals surface area contributed by atoms with Gasteiger partial charge in [0, 0.05) is 37.6 Å². The van der Waals surface area contributed by atoms with Crippen LogP contribution in [-0.4, -0.2) is 77.4 Å². The van der Waals surface area contributed by atoms with Crippen LogP contribution in [0.2, 0.25) is 0 Å². The van der Waals surface area contributed by atoms with Gasteiger partial charge >= 0.3 is 0 Å². The van der Waals surface area contributed by atoms with Gasteiger partial charge in [0.25, 0.3) is 5.91 Å². The van der Waals surface area contributed by atoms with Crippen LogP contribution in [0.5, 0.6) is 0 Å². The zero-order chi connectivity index (χ0) is 20.9. The van der Waals surface area contributed by atoms with E-state index in [4.69, 9.17) is 4.52 Å². The highest BCUT2D eigenvalue weighted by Crippen LogP contribution is 2.21. The van der Waals surface area contributed by atoms with Gasteiger partial charge in [0.2, 0.25) is 0 Å². The van der Waals surface area contributed by atoms with Crippen LogP contribution in [0.1, 0.15) is 32.4 Å². The molecular formula is C21H31FN4O3. The molecule has 1 saturated heterocycles. The molecule has 0 spiro atoms. The summed E-state index contributed by atoms with van der Waals surface area (Å²) in [6.45, 7) is 8.72. The number of β-amino-alcohol motifs (C(OH)–C–C–N with tert-alkyl or cyclic N) is 1. The molecule has 29 heavy (non-hydrogen) atoms. The maximum atomic E-state index is 13.3. The quantitative estimate of drug-likeness (QED) is 0.626. The number of halogens is 1. The Morgan fingerprint density at radius 2 is 2.14 bits per heavy atom. The van der Waals surface area contributed by atoms with E-state index in [1.165, 1.54) is 12.1 Å². The summed E-state index contributed by atoms with van der Waals surface area (Å²) in [6, 6.07) is 4.49. The van der Waals surface area contributed by atoms with Gasteiger partial charge in [-0.15, -0.1) is 0 Å². The number of carbonyl (C=O) groups excluding carboxylic acids is 1. The molecule has 0 saturated carbocycles. The summed E-state index contributed by atoms with van der Waals surface area (Å²) in [6.07, 6.45) is 2.10. The zero-order valence-corrected chi connectivity index (χ0v) is 17.3. The largest absolute Gasteiger partial charge is 0.379 e. The van der Waals surface area contributed by atoms with Gasteiger partial charge in [-0.3, -0.25) is 4.79 Å². The van der Waals surface area contributed by atoms with Crippen molar-refractivity contribution >= 4 is 16.9 Å². The van der Waals surface area contributed by atoms with E-state index in [0.29, 0.717) is 38.2 Å². The first-order valence-electron chi connectivity index (χ1n) is 10.5. The SMILES string of the molecule is CCN(CCCc1noc2cc(F)ccc12)CCN(CC)C(=O)C1(O)CCNC1. The number of benzene rings is 1. The Morgan fingerprint density at radius 1 is 1.31 bits per heavy atom. The van der Waals surface area contributed by atoms with Gasteiger partial charge in [0.05, 0.1) is 5.69 Å². The summed E-state index contributed by atoms with van der Waals surface area (Å²) in [5.41, 5.74) is 0.0572. The Balaban J connectivity index is 1.48. The smallest absolute Gasteiger partial charge is 0.255 e. The molecular weight excluding hydrogens is 375 g/mol. The second-order valence-corrected chi connectivity index (χ2v) is 7.65. The van der Waals surface area contributed by atoms with Gasteiger partial charge in [-0.25, -0.2) is 4.39 Å². The number of rotatable bonds is 10. The first-order valence-corrected chi connectivity index (χ1v) is 10.5. The molecule has 0 radical (unpaired) electrons. The first kappa shape index (κ1) is 21.7. The molecule has 7 nitrogen and oxygen atoms in total. The van der Waals surface area contributed by atoms with Gasteiger partial charge in [-0.1, -0.05) is 12.1 Å². The minimum atomic E-state index is -1.26. The lowest BCUT2D eigenvalue weighted by Gasteiger charge is -2.31. The lowest BCUT2D eigenvalue weighted by Crippen LogP contribution is -2.52.